The monoisotopic (exact) mass is 825 g/mol. The van der Waals surface area contributed by atoms with E-state index < -0.39 is 96.3 Å². The number of carbonyl (C=O) groups excluding carboxylic acids is 7. The molecule has 6 amide bonds. The molecule has 15 heteroatoms. The van der Waals surface area contributed by atoms with Crippen LogP contribution in [0.5, 0.6) is 0 Å². The maximum Gasteiger partial charge on any atom is 0.328 e. The average molecular weight is 825 g/mol. The zero-order valence-electron chi connectivity index (χ0n) is 37.0. The highest BCUT2D eigenvalue weighted by Gasteiger charge is 2.36. The Bertz CT molecular complexity index is 1700. The van der Waals surface area contributed by atoms with Gasteiger partial charge in [0.1, 0.15) is 36.3 Å². The molecule has 0 aromatic heterocycles. The maximum atomic E-state index is 14.1. The first-order valence-corrected chi connectivity index (χ1v) is 20.6. The van der Waals surface area contributed by atoms with Gasteiger partial charge in [0.25, 0.3) is 0 Å². The Hall–Kier alpha value is -5.05. The standard InChI is InChI=1S/C44H68N6O9/c1-13-26(5)37-41(55)46-31(10)44(58)59-38(27(6)14-2)29(8)35(51)21-20-28(7)39(53)47-33(22-25(3)4)40(54)45-30(9)42(56)50(12)34(23-32-18-16-15-17-19-32)43(57)49(11)24-36(52)48-37/h14-20,25-26,29-31,33-35,37-38,51H,13,21-24H2,1-12H3,(H,45,54)(H,46,55)(H,47,53)(H,48,52)/b27-14+,28-20+/t26?,29-,30-,31+,33+,34+,35-,37-,38+/m0/s1. The van der Waals surface area contributed by atoms with Gasteiger partial charge >= 0.3 is 5.97 Å². The van der Waals surface area contributed by atoms with Crippen LogP contribution in [0.15, 0.2) is 53.6 Å². The molecule has 0 radical (unpaired) electrons. The van der Waals surface area contributed by atoms with E-state index in [4.69, 9.17) is 4.74 Å². The number of aliphatic hydroxyl groups is 1. The lowest BCUT2D eigenvalue weighted by atomic mass is 9.90. The van der Waals surface area contributed by atoms with Crippen molar-refractivity contribution in [3.05, 3.63) is 59.2 Å². The van der Waals surface area contributed by atoms with Crippen LogP contribution in [0.3, 0.4) is 0 Å². The van der Waals surface area contributed by atoms with Gasteiger partial charge < -0.3 is 40.9 Å². The van der Waals surface area contributed by atoms with Gasteiger partial charge in [0.2, 0.25) is 35.4 Å². The summed E-state index contributed by atoms with van der Waals surface area (Å²) in [4.78, 5) is 98.2. The van der Waals surface area contributed by atoms with E-state index in [1.807, 2.05) is 39.0 Å². The van der Waals surface area contributed by atoms with E-state index in [9.17, 15) is 38.7 Å². The number of benzene rings is 1. The average Bonchev–Trinajstić information content (AvgIpc) is 3.20. The first-order valence-electron chi connectivity index (χ1n) is 20.6. The molecular weight excluding hydrogens is 757 g/mol. The van der Waals surface area contributed by atoms with Gasteiger partial charge in [-0.1, -0.05) is 83.5 Å². The zero-order valence-corrected chi connectivity index (χ0v) is 37.0. The van der Waals surface area contributed by atoms with Crippen LogP contribution >= 0.6 is 0 Å². The van der Waals surface area contributed by atoms with Crippen molar-refractivity contribution in [1.82, 2.24) is 31.1 Å². The molecule has 0 bridgehead atoms. The summed E-state index contributed by atoms with van der Waals surface area (Å²) in [6.45, 7) is 16.7. The second kappa shape index (κ2) is 23.5. The van der Waals surface area contributed by atoms with E-state index >= 15 is 0 Å². The third-order valence-electron chi connectivity index (χ3n) is 11.0. The lowest BCUT2D eigenvalue weighted by molar-refractivity contribution is -0.155. The Morgan fingerprint density at radius 1 is 0.898 bits per heavy atom. The number of hydrogen-bond acceptors (Lipinski definition) is 9. The van der Waals surface area contributed by atoms with Crippen LogP contribution in [-0.4, -0.2) is 119 Å². The van der Waals surface area contributed by atoms with Crippen molar-refractivity contribution in [3.63, 3.8) is 0 Å². The molecule has 0 fully saturated rings. The van der Waals surface area contributed by atoms with Crippen molar-refractivity contribution >= 4 is 41.4 Å². The van der Waals surface area contributed by atoms with Crippen molar-refractivity contribution in [1.29, 1.82) is 0 Å². The zero-order chi connectivity index (χ0) is 44.7. The predicted octanol–water partition coefficient (Wildman–Crippen LogP) is 2.81. The number of aliphatic hydroxyl groups excluding tert-OH is 1. The van der Waals surface area contributed by atoms with Crippen LogP contribution in [0.2, 0.25) is 0 Å². The molecule has 59 heavy (non-hydrogen) atoms. The molecule has 1 aromatic rings. The largest absolute Gasteiger partial charge is 0.456 e. The fourth-order valence-electron chi connectivity index (χ4n) is 6.68. The van der Waals surface area contributed by atoms with E-state index in [0.29, 0.717) is 12.0 Å². The highest BCUT2D eigenvalue weighted by atomic mass is 16.5. The number of amides is 6. The molecule has 5 N–H and O–H groups in total. The molecule has 1 aliphatic rings. The Morgan fingerprint density at radius 3 is 2.08 bits per heavy atom. The van der Waals surface area contributed by atoms with E-state index in [2.05, 4.69) is 21.3 Å². The normalized spacial score (nSPS) is 28.8. The quantitative estimate of drug-likeness (QED) is 0.203. The molecule has 1 aromatic carbocycles. The number of hydrogen-bond donors (Lipinski definition) is 5. The van der Waals surface area contributed by atoms with Gasteiger partial charge in [-0.25, -0.2) is 4.79 Å². The van der Waals surface area contributed by atoms with E-state index in [-0.39, 0.29) is 36.7 Å². The van der Waals surface area contributed by atoms with Crippen molar-refractivity contribution in [2.75, 3.05) is 20.6 Å². The number of esters is 1. The fourth-order valence-corrected chi connectivity index (χ4v) is 6.68. The minimum atomic E-state index is -1.14. The Labute approximate surface area is 350 Å². The van der Waals surface area contributed by atoms with Gasteiger partial charge in [0.05, 0.1) is 12.6 Å². The van der Waals surface area contributed by atoms with E-state index in [0.717, 1.165) is 5.56 Å². The van der Waals surface area contributed by atoms with Gasteiger partial charge in [-0.05, 0) is 70.4 Å². The van der Waals surface area contributed by atoms with Gasteiger partial charge in [-0.3, -0.25) is 28.8 Å². The highest BCUT2D eigenvalue weighted by molar-refractivity contribution is 5.98. The molecule has 1 heterocycles. The molecule has 0 spiro atoms. The fraction of sp³-hybridized carbons (Fsp3) is 0.614. The summed E-state index contributed by atoms with van der Waals surface area (Å²) < 4.78 is 5.88. The smallest absolute Gasteiger partial charge is 0.328 e. The number of nitrogens with zero attached hydrogens (tertiary/aromatic N) is 2. The maximum absolute atomic E-state index is 14.1. The van der Waals surface area contributed by atoms with Crippen molar-refractivity contribution in [2.24, 2.45) is 17.8 Å². The molecule has 15 nitrogen and oxygen atoms in total. The Balaban J connectivity index is 2.62. The molecule has 0 saturated carbocycles. The summed E-state index contributed by atoms with van der Waals surface area (Å²) in [5.41, 5.74) is 1.65. The first-order chi connectivity index (χ1) is 27.6. The Morgan fingerprint density at radius 2 is 1.51 bits per heavy atom. The van der Waals surface area contributed by atoms with E-state index in [1.165, 1.54) is 37.7 Å². The summed E-state index contributed by atoms with van der Waals surface area (Å²) in [5, 5.41) is 22.1. The van der Waals surface area contributed by atoms with Gasteiger partial charge in [-0.15, -0.1) is 0 Å². The SMILES string of the molecule is C/C=C(\C)[C@H]1OC(=O)[C@@H](C)NC(=O)[C@H](C(C)CC)NC(=O)CN(C)C(=O)[C@@H](Cc2ccccc2)N(C)C(=O)[C@H](C)NC(=O)[C@@H](CC(C)C)NC(=O)/C(C)=C/C[C@H](O)[C@@H]1C. The summed E-state index contributed by atoms with van der Waals surface area (Å²) in [6.07, 6.45) is 2.23. The number of rotatable bonds is 7. The number of allylic oxidation sites excluding steroid dienone is 1. The molecule has 9 atom stereocenters. The molecule has 2 rings (SSSR count). The van der Waals surface area contributed by atoms with Gasteiger partial charge in [0.15, 0.2) is 0 Å². The van der Waals surface area contributed by atoms with Crippen LogP contribution < -0.4 is 21.3 Å². The molecular formula is C44H68N6O9. The molecule has 0 saturated heterocycles. The number of nitrogens with one attached hydrogen (secondary N) is 4. The van der Waals surface area contributed by atoms with Gasteiger partial charge in [-0.2, -0.15) is 0 Å². The summed E-state index contributed by atoms with van der Waals surface area (Å²) in [5.74, 6) is -5.32. The molecule has 0 aliphatic carbocycles. The van der Waals surface area contributed by atoms with Crippen LogP contribution in [-0.2, 0) is 44.7 Å². The number of ether oxygens (including phenoxy) is 1. The second-order valence-corrected chi connectivity index (χ2v) is 16.3. The van der Waals surface area contributed by atoms with Gasteiger partial charge in [0, 0.05) is 32.0 Å². The van der Waals surface area contributed by atoms with Crippen LogP contribution in [0.1, 0.15) is 94.1 Å². The molecule has 1 unspecified atom stereocenters. The lowest BCUT2D eigenvalue weighted by Gasteiger charge is -2.33. The topological polar surface area (TPSA) is 204 Å². The first kappa shape index (κ1) is 50.1. The number of cyclic esters (lactones) is 1. The Kier molecular flexibility index (Phi) is 20.0. The second-order valence-electron chi connectivity index (χ2n) is 16.3. The third kappa shape index (κ3) is 14.9. The van der Waals surface area contributed by atoms with E-state index in [1.54, 1.807) is 58.9 Å². The molecule has 1 aliphatic heterocycles. The summed E-state index contributed by atoms with van der Waals surface area (Å²) in [6, 6.07) is 3.63. The third-order valence-corrected chi connectivity index (χ3v) is 11.0. The van der Waals surface area contributed by atoms with Crippen molar-refractivity contribution in [2.45, 2.75) is 137 Å². The van der Waals surface area contributed by atoms with Crippen LogP contribution in [0, 0.1) is 17.8 Å². The summed E-state index contributed by atoms with van der Waals surface area (Å²) >= 11 is 0. The highest BCUT2D eigenvalue weighted by Crippen LogP contribution is 2.23. The predicted molar refractivity (Wildman–Crippen MR) is 225 cm³/mol. The van der Waals surface area contributed by atoms with Crippen LogP contribution in [0.25, 0.3) is 0 Å². The summed E-state index contributed by atoms with van der Waals surface area (Å²) in [7, 11) is 2.87. The minimum Gasteiger partial charge on any atom is -0.456 e. The van der Waals surface area contributed by atoms with Crippen LogP contribution in [0.4, 0.5) is 0 Å². The van der Waals surface area contributed by atoms with Crippen molar-refractivity contribution in [3.8, 4) is 0 Å². The lowest BCUT2D eigenvalue weighted by Crippen LogP contribution is -2.58. The molecule has 328 valence electrons. The number of likely N-dealkylation sites (N-methyl/N-ethyl adjacent to an activating group) is 2. The minimum absolute atomic E-state index is 0.0151. The number of carbonyl (C=O) groups is 7. The van der Waals surface area contributed by atoms with Crippen molar-refractivity contribution < 1.29 is 43.4 Å².